The maximum absolute atomic E-state index is 9.06. The van der Waals surface area contributed by atoms with Gasteiger partial charge in [-0.1, -0.05) is 28.1 Å². The maximum atomic E-state index is 9.06. The van der Waals surface area contributed by atoms with Gasteiger partial charge < -0.3 is 10.0 Å². The van der Waals surface area contributed by atoms with Crippen LogP contribution in [0.5, 0.6) is 0 Å². The summed E-state index contributed by atoms with van der Waals surface area (Å²) in [4.78, 5) is 0. The Hall–Kier alpha value is -0.315. The van der Waals surface area contributed by atoms with Gasteiger partial charge in [0.15, 0.2) is 0 Å². The zero-order chi connectivity index (χ0) is 10.0. The molecule has 0 aliphatic rings. The fourth-order valence-electron chi connectivity index (χ4n) is 1.40. The summed E-state index contributed by atoms with van der Waals surface area (Å²) in [5.41, 5.74) is 3.83. The van der Waals surface area contributed by atoms with Gasteiger partial charge in [-0.3, -0.25) is 0 Å². The zero-order valence-corrected chi connectivity index (χ0v) is 9.30. The van der Waals surface area contributed by atoms with Crippen molar-refractivity contribution in [2.24, 2.45) is 0 Å². The molecule has 0 aliphatic heterocycles. The smallest absolute Gasteiger partial charge is 0.423 e. The van der Waals surface area contributed by atoms with Crippen molar-refractivity contribution in [1.29, 1.82) is 0 Å². The monoisotopic (exact) mass is 242 g/mol. The second-order valence-corrected chi connectivity index (χ2v) is 3.64. The molecule has 0 spiro atoms. The Labute approximate surface area is 86.9 Å². The van der Waals surface area contributed by atoms with E-state index in [4.69, 9.17) is 10.0 Å². The van der Waals surface area contributed by atoms with E-state index in [1.165, 1.54) is 5.56 Å². The van der Waals surface area contributed by atoms with E-state index >= 15 is 0 Å². The number of benzene rings is 1. The van der Waals surface area contributed by atoms with Crippen molar-refractivity contribution in [1.82, 2.24) is 0 Å². The van der Waals surface area contributed by atoms with Crippen LogP contribution in [0.2, 0.25) is 0 Å². The predicted octanol–water partition coefficient (Wildman–Crippen LogP) is 0.878. The number of alkyl halides is 1. The maximum Gasteiger partial charge on any atom is 0.488 e. The van der Waals surface area contributed by atoms with Gasteiger partial charge in [-0.05, 0) is 36.0 Å². The Balaban J connectivity index is 3.27. The molecule has 4 heteroatoms. The Morgan fingerprint density at radius 2 is 1.92 bits per heavy atom. The van der Waals surface area contributed by atoms with E-state index in [-0.39, 0.29) is 0 Å². The third-order valence-corrected chi connectivity index (χ3v) is 2.85. The number of rotatable bonds is 2. The third-order valence-electron chi connectivity index (χ3n) is 2.29. The summed E-state index contributed by atoms with van der Waals surface area (Å²) in [6.07, 6.45) is 0. The molecule has 1 rings (SSSR count). The Bertz CT molecular complexity index is 313. The van der Waals surface area contributed by atoms with E-state index in [1.54, 1.807) is 6.07 Å². The fourth-order valence-corrected chi connectivity index (χ4v) is 2.26. The van der Waals surface area contributed by atoms with Crippen LogP contribution in [-0.2, 0) is 5.33 Å². The lowest BCUT2D eigenvalue weighted by molar-refractivity contribution is 0.425. The van der Waals surface area contributed by atoms with Gasteiger partial charge in [0.1, 0.15) is 0 Å². The molecule has 0 unspecified atom stereocenters. The molecule has 0 aliphatic carbocycles. The van der Waals surface area contributed by atoms with Gasteiger partial charge in [0.25, 0.3) is 0 Å². The fraction of sp³-hybridized carbons (Fsp3) is 0.333. The van der Waals surface area contributed by atoms with Gasteiger partial charge in [-0.15, -0.1) is 0 Å². The van der Waals surface area contributed by atoms with E-state index in [0.29, 0.717) is 5.46 Å². The summed E-state index contributed by atoms with van der Waals surface area (Å²) in [7, 11) is -1.38. The molecule has 13 heavy (non-hydrogen) atoms. The summed E-state index contributed by atoms with van der Waals surface area (Å²) < 4.78 is 0. The molecular formula is C9H12BBrO2. The third kappa shape index (κ3) is 2.13. The second-order valence-electron chi connectivity index (χ2n) is 3.08. The number of hydrogen-bond acceptors (Lipinski definition) is 2. The highest BCUT2D eigenvalue weighted by molar-refractivity contribution is 9.08. The van der Waals surface area contributed by atoms with Crippen LogP contribution in [0.4, 0.5) is 0 Å². The van der Waals surface area contributed by atoms with Gasteiger partial charge in [0.2, 0.25) is 0 Å². The first kappa shape index (κ1) is 10.8. The molecule has 0 atom stereocenters. The van der Waals surface area contributed by atoms with Gasteiger partial charge in [0, 0.05) is 5.33 Å². The Morgan fingerprint density at radius 3 is 2.38 bits per heavy atom. The summed E-state index contributed by atoms with van der Waals surface area (Å²) >= 11 is 3.38. The van der Waals surface area contributed by atoms with Crippen molar-refractivity contribution in [3.8, 4) is 0 Å². The lowest BCUT2D eigenvalue weighted by Gasteiger charge is -2.11. The van der Waals surface area contributed by atoms with Crippen LogP contribution in [0.3, 0.4) is 0 Å². The SMILES string of the molecule is Cc1ccc(B(O)O)c(C)c1CBr. The molecule has 0 fully saturated rings. The van der Waals surface area contributed by atoms with Gasteiger partial charge in [0.05, 0.1) is 0 Å². The second kappa shape index (κ2) is 4.27. The highest BCUT2D eigenvalue weighted by Gasteiger charge is 2.16. The Kier molecular flexibility index (Phi) is 3.53. The number of hydrogen-bond donors (Lipinski definition) is 2. The lowest BCUT2D eigenvalue weighted by atomic mass is 9.75. The standard InChI is InChI=1S/C9H12BBrO2/c1-6-3-4-9(10(12)13)7(2)8(6)5-11/h3-4,12-13H,5H2,1-2H3. The average molecular weight is 243 g/mol. The predicted molar refractivity (Wildman–Crippen MR) is 58.4 cm³/mol. The highest BCUT2D eigenvalue weighted by Crippen LogP contribution is 2.15. The summed E-state index contributed by atoms with van der Waals surface area (Å²) in [6, 6.07) is 3.65. The largest absolute Gasteiger partial charge is 0.488 e. The summed E-state index contributed by atoms with van der Waals surface area (Å²) in [5, 5.41) is 18.9. The van der Waals surface area contributed by atoms with Crippen LogP contribution in [0.15, 0.2) is 12.1 Å². The average Bonchev–Trinajstić information content (AvgIpc) is 2.04. The van der Waals surface area contributed by atoms with Gasteiger partial charge in [-0.2, -0.15) is 0 Å². The van der Waals surface area contributed by atoms with Crippen LogP contribution in [0.1, 0.15) is 16.7 Å². The van der Waals surface area contributed by atoms with Crippen molar-refractivity contribution in [3.05, 3.63) is 28.8 Å². The van der Waals surface area contributed by atoms with Gasteiger partial charge >= 0.3 is 7.12 Å². The molecule has 2 N–H and O–H groups in total. The molecule has 0 radical (unpaired) electrons. The molecular weight excluding hydrogens is 231 g/mol. The highest BCUT2D eigenvalue weighted by atomic mass is 79.9. The molecule has 0 bridgehead atoms. The molecule has 0 aromatic heterocycles. The minimum absolute atomic E-state index is 0.583. The quantitative estimate of drug-likeness (QED) is 0.597. The van der Waals surface area contributed by atoms with E-state index in [0.717, 1.165) is 16.5 Å². The zero-order valence-electron chi connectivity index (χ0n) is 7.71. The van der Waals surface area contributed by atoms with E-state index in [9.17, 15) is 0 Å². The van der Waals surface area contributed by atoms with Crippen molar-refractivity contribution in [3.63, 3.8) is 0 Å². The van der Waals surface area contributed by atoms with E-state index in [1.807, 2.05) is 19.9 Å². The molecule has 0 saturated heterocycles. The first-order chi connectivity index (χ1) is 6.07. The van der Waals surface area contributed by atoms with Crippen molar-refractivity contribution >= 4 is 28.5 Å². The summed E-state index contributed by atoms with van der Waals surface area (Å²) in [5.74, 6) is 0. The molecule has 0 saturated carbocycles. The topological polar surface area (TPSA) is 40.5 Å². The van der Waals surface area contributed by atoms with Crippen LogP contribution in [0, 0.1) is 13.8 Å². The molecule has 0 amide bonds. The van der Waals surface area contributed by atoms with E-state index < -0.39 is 7.12 Å². The Morgan fingerprint density at radius 1 is 1.31 bits per heavy atom. The van der Waals surface area contributed by atoms with Crippen LogP contribution in [-0.4, -0.2) is 17.2 Å². The van der Waals surface area contributed by atoms with Gasteiger partial charge in [-0.25, -0.2) is 0 Å². The number of aryl methyl sites for hydroxylation is 1. The molecule has 2 nitrogen and oxygen atoms in total. The minimum atomic E-state index is -1.38. The lowest BCUT2D eigenvalue weighted by Crippen LogP contribution is -2.32. The summed E-state index contributed by atoms with van der Waals surface area (Å²) in [6.45, 7) is 3.91. The van der Waals surface area contributed by atoms with Crippen LogP contribution < -0.4 is 5.46 Å². The van der Waals surface area contributed by atoms with E-state index in [2.05, 4.69) is 15.9 Å². The first-order valence-corrected chi connectivity index (χ1v) is 5.21. The minimum Gasteiger partial charge on any atom is -0.423 e. The molecule has 0 heterocycles. The molecule has 70 valence electrons. The van der Waals surface area contributed by atoms with Crippen LogP contribution >= 0.6 is 15.9 Å². The van der Waals surface area contributed by atoms with Crippen molar-refractivity contribution in [2.75, 3.05) is 0 Å². The molecule has 1 aromatic rings. The number of halogens is 1. The first-order valence-electron chi connectivity index (χ1n) is 4.09. The normalized spacial score (nSPS) is 10.2. The van der Waals surface area contributed by atoms with Crippen LogP contribution in [0.25, 0.3) is 0 Å². The van der Waals surface area contributed by atoms with Crippen molar-refractivity contribution in [2.45, 2.75) is 19.2 Å². The molecule has 1 aromatic carbocycles. The van der Waals surface area contributed by atoms with Crippen molar-refractivity contribution < 1.29 is 10.0 Å².